The molecule has 1 rings (SSSR count). The minimum Gasteiger partial charge on any atom is -0.478 e. The smallest absolute Gasteiger partial charge is 0.335 e. The third kappa shape index (κ3) is 7.47. The summed E-state index contributed by atoms with van der Waals surface area (Å²) in [7, 11) is 0. The third-order valence-corrected chi connectivity index (χ3v) is 4.35. The minimum atomic E-state index is -0.926. The Morgan fingerprint density at radius 2 is 1.78 bits per heavy atom. The number of carbonyl (C=O) groups is 1. The molecular formula is C20H30O3. The van der Waals surface area contributed by atoms with Gasteiger partial charge in [-0.2, -0.15) is 0 Å². The molecule has 0 unspecified atom stereocenters. The summed E-state index contributed by atoms with van der Waals surface area (Å²) in [6.07, 6.45) is 13.9. The second-order valence-electron chi connectivity index (χ2n) is 7.00. The molecule has 128 valence electrons. The summed E-state index contributed by atoms with van der Waals surface area (Å²) < 4.78 is 0. The second-order valence-corrected chi connectivity index (χ2v) is 7.00. The van der Waals surface area contributed by atoms with E-state index in [0.29, 0.717) is 6.42 Å². The predicted molar refractivity (Wildman–Crippen MR) is 95.2 cm³/mol. The fraction of sp³-hybridized carbons (Fsp3) is 0.550. The topological polar surface area (TPSA) is 57.5 Å². The Morgan fingerprint density at radius 1 is 1.13 bits per heavy atom. The first-order valence-corrected chi connectivity index (χ1v) is 8.35. The Balaban J connectivity index is 3.09. The van der Waals surface area contributed by atoms with E-state index in [0.717, 1.165) is 25.7 Å². The number of allylic oxidation sites excluding steroid dienone is 5. The van der Waals surface area contributed by atoms with Gasteiger partial charge in [0, 0.05) is 5.92 Å². The van der Waals surface area contributed by atoms with Gasteiger partial charge in [-0.15, -0.1) is 0 Å². The lowest BCUT2D eigenvalue weighted by atomic mass is 9.85. The molecule has 3 nitrogen and oxygen atoms in total. The maximum absolute atomic E-state index is 11.4. The number of aliphatic hydroxyl groups is 1. The van der Waals surface area contributed by atoms with Crippen LogP contribution in [-0.2, 0) is 4.79 Å². The molecule has 1 aliphatic rings. The number of rotatable bonds is 2. The molecule has 0 saturated carbocycles. The van der Waals surface area contributed by atoms with Gasteiger partial charge in [0.2, 0.25) is 0 Å². The van der Waals surface area contributed by atoms with E-state index in [-0.39, 0.29) is 11.5 Å². The fourth-order valence-corrected chi connectivity index (χ4v) is 2.65. The largest absolute Gasteiger partial charge is 0.478 e. The summed E-state index contributed by atoms with van der Waals surface area (Å²) in [4.78, 5) is 11.4. The summed E-state index contributed by atoms with van der Waals surface area (Å²) in [6.45, 7) is 7.77. The Kier molecular flexibility index (Phi) is 7.50. The SMILES string of the molecule is C/C1=C\C/C=C(C(=O)O)\C=C\[C@@H](C(C)(C)O)CC/C(C)=C/CC1. The quantitative estimate of drug-likeness (QED) is 0.719. The van der Waals surface area contributed by atoms with Gasteiger partial charge in [-0.3, -0.25) is 0 Å². The molecular weight excluding hydrogens is 288 g/mol. The van der Waals surface area contributed by atoms with Gasteiger partial charge >= 0.3 is 5.97 Å². The first-order valence-electron chi connectivity index (χ1n) is 8.35. The lowest BCUT2D eigenvalue weighted by molar-refractivity contribution is -0.132. The highest BCUT2D eigenvalue weighted by Crippen LogP contribution is 2.26. The van der Waals surface area contributed by atoms with Crippen molar-refractivity contribution >= 4 is 5.97 Å². The lowest BCUT2D eigenvalue weighted by Gasteiger charge is -2.27. The van der Waals surface area contributed by atoms with Crippen LogP contribution in [0, 0.1) is 5.92 Å². The maximum Gasteiger partial charge on any atom is 0.335 e. The van der Waals surface area contributed by atoms with Crippen molar-refractivity contribution in [3.05, 3.63) is 47.1 Å². The molecule has 0 aromatic rings. The molecule has 3 heteroatoms. The van der Waals surface area contributed by atoms with E-state index in [9.17, 15) is 15.0 Å². The summed E-state index contributed by atoms with van der Waals surface area (Å²) in [6, 6.07) is 0. The minimum absolute atomic E-state index is 0.0752. The van der Waals surface area contributed by atoms with Gasteiger partial charge in [0.15, 0.2) is 0 Å². The second kappa shape index (κ2) is 8.88. The predicted octanol–water partition coefficient (Wildman–Crippen LogP) is 4.80. The zero-order valence-electron chi connectivity index (χ0n) is 14.8. The van der Waals surface area contributed by atoms with Crippen molar-refractivity contribution in [2.75, 3.05) is 0 Å². The van der Waals surface area contributed by atoms with Gasteiger partial charge in [-0.25, -0.2) is 4.79 Å². The van der Waals surface area contributed by atoms with Crippen LogP contribution >= 0.6 is 0 Å². The van der Waals surface area contributed by atoms with E-state index in [4.69, 9.17) is 0 Å². The van der Waals surface area contributed by atoms with Gasteiger partial charge in [0.1, 0.15) is 0 Å². The zero-order chi connectivity index (χ0) is 17.5. The van der Waals surface area contributed by atoms with Crippen molar-refractivity contribution in [2.45, 2.75) is 65.4 Å². The van der Waals surface area contributed by atoms with E-state index in [2.05, 4.69) is 26.0 Å². The first kappa shape index (κ1) is 19.4. The molecule has 0 saturated heterocycles. The third-order valence-electron chi connectivity index (χ3n) is 4.35. The first-order chi connectivity index (χ1) is 10.7. The highest BCUT2D eigenvalue weighted by Gasteiger charge is 2.24. The van der Waals surface area contributed by atoms with Crippen LogP contribution in [0.15, 0.2) is 47.1 Å². The average Bonchev–Trinajstić information content (AvgIpc) is 2.42. The molecule has 0 aliphatic heterocycles. The molecule has 1 aliphatic carbocycles. The van der Waals surface area contributed by atoms with Crippen LogP contribution in [-0.4, -0.2) is 21.8 Å². The Hall–Kier alpha value is -1.61. The van der Waals surface area contributed by atoms with E-state index >= 15 is 0 Å². The highest BCUT2D eigenvalue weighted by molar-refractivity contribution is 5.89. The van der Waals surface area contributed by atoms with E-state index in [1.165, 1.54) is 11.1 Å². The van der Waals surface area contributed by atoms with Crippen LogP contribution in [0.1, 0.15) is 59.8 Å². The fourth-order valence-electron chi connectivity index (χ4n) is 2.65. The molecule has 2 N–H and O–H groups in total. The Morgan fingerprint density at radius 3 is 2.39 bits per heavy atom. The standard InChI is InChI=1S/C20H30O3/c1-15-7-5-8-16(2)11-13-18(20(3,4)23)14-12-17(19(21)22)10-6-9-15/h8-10,12,14,18,23H,5-7,11,13H2,1-4H3,(H,21,22)/b14-12+,15-9+,16-8+,17-10+/t18-/m0/s1. The molecule has 0 radical (unpaired) electrons. The molecule has 0 heterocycles. The molecule has 0 aromatic carbocycles. The summed E-state index contributed by atoms with van der Waals surface area (Å²) in [5.74, 6) is -1.00. The number of carboxylic acids is 1. The van der Waals surface area contributed by atoms with Gasteiger partial charge < -0.3 is 10.2 Å². The van der Waals surface area contributed by atoms with Gasteiger partial charge in [-0.1, -0.05) is 41.5 Å². The van der Waals surface area contributed by atoms with Crippen LogP contribution in [0.4, 0.5) is 0 Å². The Labute approximate surface area is 140 Å². The van der Waals surface area contributed by atoms with Gasteiger partial charge in [-0.05, 0) is 59.8 Å². The van der Waals surface area contributed by atoms with E-state index in [1.54, 1.807) is 26.0 Å². The molecule has 0 bridgehead atoms. The number of hydrogen-bond acceptors (Lipinski definition) is 2. The molecule has 0 aromatic heterocycles. The molecule has 23 heavy (non-hydrogen) atoms. The average molecular weight is 318 g/mol. The lowest BCUT2D eigenvalue weighted by Crippen LogP contribution is -2.29. The van der Waals surface area contributed by atoms with Crippen molar-refractivity contribution in [3.8, 4) is 0 Å². The van der Waals surface area contributed by atoms with Crippen molar-refractivity contribution in [3.63, 3.8) is 0 Å². The molecule has 0 spiro atoms. The van der Waals surface area contributed by atoms with E-state index < -0.39 is 11.6 Å². The summed E-state index contributed by atoms with van der Waals surface area (Å²) in [5.41, 5.74) is 2.03. The summed E-state index contributed by atoms with van der Waals surface area (Å²) >= 11 is 0. The molecule has 0 fully saturated rings. The van der Waals surface area contributed by atoms with Crippen molar-refractivity contribution in [1.82, 2.24) is 0 Å². The van der Waals surface area contributed by atoms with Crippen LogP contribution in [0.25, 0.3) is 0 Å². The maximum atomic E-state index is 11.4. The van der Waals surface area contributed by atoms with E-state index in [1.807, 2.05) is 6.08 Å². The van der Waals surface area contributed by atoms with Crippen LogP contribution in [0.3, 0.4) is 0 Å². The van der Waals surface area contributed by atoms with Gasteiger partial charge in [0.25, 0.3) is 0 Å². The molecule has 0 amide bonds. The van der Waals surface area contributed by atoms with Crippen molar-refractivity contribution in [2.24, 2.45) is 5.92 Å². The normalized spacial score (nSPS) is 30.0. The van der Waals surface area contributed by atoms with Crippen molar-refractivity contribution in [1.29, 1.82) is 0 Å². The number of carboxylic acid groups (broad SMARTS) is 1. The molecule has 1 atom stereocenters. The number of aliphatic carboxylic acids is 1. The van der Waals surface area contributed by atoms with Crippen molar-refractivity contribution < 1.29 is 15.0 Å². The zero-order valence-corrected chi connectivity index (χ0v) is 14.8. The van der Waals surface area contributed by atoms with Gasteiger partial charge in [0.05, 0.1) is 11.2 Å². The number of hydrogen-bond donors (Lipinski definition) is 2. The van der Waals surface area contributed by atoms with Crippen LogP contribution in [0.5, 0.6) is 0 Å². The van der Waals surface area contributed by atoms with Crippen LogP contribution < -0.4 is 0 Å². The monoisotopic (exact) mass is 318 g/mol. The summed E-state index contributed by atoms with van der Waals surface area (Å²) in [5, 5.41) is 19.7. The highest BCUT2D eigenvalue weighted by atomic mass is 16.4. The Bertz CT molecular complexity index is 528. The van der Waals surface area contributed by atoms with Crippen LogP contribution in [0.2, 0.25) is 0 Å².